The first kappa shape index (κ1) is 22.5. The monoisotopic (exact) mass is 442 g/mol. The molecule has 0 fully saturated rings. The zero-order valence-electron chi connectivity index (χ0n) is 17.5. The average molecular weight is 443 g/mol. The maximum Gasteiger partial charge on any atom is 0.245 e. The summed E-state index contributed by atoms with van der Waals surface area (Å²) >= 11 is 5.93. The van der Waals surface area contributed by atoms with Crippen molar-refractivity contribution in [1.29, 1.82) is 0 Å². The van der Waals surface area contributed by atoms with Crippen LogP contribution in [-0.4, -0.2) is 44.5 Å². The Bertz CT molecular complexity index is 1050. The van der Waals surface area contributed by atoms with Crippen LogP contribution in [0.1, 0.15) is 20.8 Å². The van der Waals surface area contributed by atoms with Crippen molar-refractivity contribution in [2.24, 2.45) is 0 Å². The van der Waals surface area contributed by atoms with E-state index >= 15 is 0 Å². The molecule has 2 aromatic carbocycles. The summed E-state index contributed by atoms with van der Waals surface area (Å²) in [6.07, 6.45) is 0. The zero-order valence-corrected chi connectivity index (χ0v) is 18.3. The van der Waals surface area contributed by atoms with Gasteiger partial charge < -0.3 is 10.2 Å². The van der Waals surface area contributed by atoms with Crippen molar-refractivity contribution in [2.45, 2.75) is 32.2 Å². The molecule has 2 amide bonds. The third-order valence-electron chi connectivity index (χ3n) is 4.68. The van der Waals surface area contributed by atoms with E-state index in [2.05, 4.69) is 10.4 Å². The van der Waals surface area contributed by atoms with E-state index in [1.54, 1.807) is 25.1 Å². The summed E-state index contributed by atoms with van der Waals surface area (Å²) in [6.45, 7) is 5.07. The van der Waals surface area contributed by atoms with Crippen molar-refractivity contribution in [1.82, 2.24) is 14.7 Å². The smallest absolute Gasteiger partial charge is 0.245 e. The Kier molecular flexibility index (Phi) is 7.07. The molecule has 0 saturated heterocycles. The van der Waals surface area contributed by atoms with Crippen LogP contribution in [0, 0.1) is 5.82 Å². The topological polar surface area (TPSA) is 67.2 Å². The molecule has 1 heterocycles. The number of hydrogen-bond donors (Lipinski definition) is 1. The summed E-state index contributed by atoms with van der Waals surface area (Å²) < 4.78 is 14.9. The van der Waals surface area contributed by atoms with Crippen LogP contribution < -0.4 is 5.32 Å². The zero-order chi connectivity index (χ0) is 22.5. The van der Waals surface area contributed by atoms with Gasteiger partial charge >= 0.3 is 0 Å². The van der Waals surface area contributed by atoms with Crippen molar-refractivity contribution in [2.75, 3.05) is 11.9 Å². The largest absolute Gasteiger partial charge is 0.330 e. The molecule has 0 bridgehead atoms. The Morgan fingerprint density at radius 3 is 2.32 bits per heavy atom. The molecule has 0 aliphatic heterocycles. The number of aromatic nitrogens is 2. The first-order valence-electron chi connectivity index (χ1n) is 9.92. The molecule has 0 saturated carbocycles. The number of carbonyl (C=O) groups excluding carboxylic acids is 2. The van der Waals surface area contributed by atoms with E-state index in [9.17, 15) is 14.0 Å². The predicted molar refractivity (Wildman–Crippen MR) is 120 cm³/mol. The van der Waals surface area contributed by atoms with Gasteiger partial charge in [0, 0.05) is 17.7 Å². The van der Waals surface area contributed by atoms with Crippen molar-refractivity contribution >= 4 is 29.2 Å². The molecule has 8 heteroatoms. The van der Waals surface area contributed by atoms with Gasteiger partial charge in [-0.25, -0.2) is 9.07 Å². The Morgan fingerprint density at radius 1 is 1.10 bits per heavy atom. The fourth-order valence-electron chi connectivity index (χ4n) is 3.08. The molecule has 1 unspecified atom stereocenters. The van der Waals surface area contributed by atoms with Crippen LogP contribution in [0.2, 0.25) is 0 Å². The number of alkyl halides is 1. The number of halogens is 2. The summed E-state index contributed by atoms with van der Waals surface area (Å²) in [5.74, 6) is -0.664. The van der Waals surface area contributed by atoms with Crippen LogP contribution in [-0.2, 0) is 9.59 Å². The standard InChI is InChI=1S/C23H24ClFN4O2/c1-15(2)28(23(31)16(3)24)14-22(30)26-21-13-20(17-7-5-4-6-8-17)27-29(21)19-11-9-18(25)10-12-19/h4-13,15-16H,14H2,1-3H3,(H,26,30). The highest BCUT2D eigenvalue weighted by Gasteiger charge is 2.24. The first-order chi connectivity index (χ1) is 14.8. The minimum absolute atomic E-state index is 0.150. The molecule has 0 radical (unpaired) electrons. The van der Waals surface area contributed by atoms with Gasteiger partial charge in [0.15, 0.2) is 0 Å². The molecular formula is C23H24ClFN4O2. The van der Waals surface area contributed by atoms with E-state index in [4.69, 9.17) is 11.6 Å². The molecule has 6 nitrogen and oxygen atoms in total. The molecule has 162 valence electrons. The Balaban J connectivity index is 1.91. The summed E-state index contributed by atoms with van der Waals surface area (Å²) in [4.78, 5) is 26.6. The highest BCUT2D eigenvalue weighted by molar-refractivity contribution is 6.30. The van der Waals surface area contributed by atoms with Crippen LogP contribution >= 0.6 is 11.6 Å². The molecule has 1 N–H and O–H groups in total. The molecule has 0 spiro atoms. The second kappa shape index (κ2) is 9.75. The highest BCUT2D eigenvalue weighted by Crippen LogP contribution is 2.25. The van der Waals surface area contributed by atoms with E-state index < -0.39 is 5.38 Å². The molecule has 31 heavy (non-hydrogen) atoms. The fraction of sp³-hybridized carbons (Fsp3) is 0.261. The van der Waals surface area contributed by atoms with Crippen molar-refractivity contribution in [3.05, 3.63) is 66.5 Å². The second-order valence-corrected chi connectivity index (χ2v) is 8.05. The average Bonchev–Trinajstić information content (AvgIpc) is 3.16. The van der Waals surface area contributed by atoms with Crippen LogP contribution in [0.15, 0.2) is 60.7 Å². The number of nitrogens with one attached hydrogen (secondary N) is 1. The van der Waals surface area contributed by atoms with Crippen LogP contribution in [0.3, 0.4) is 0 Å². The van der Waals surface area contributed by atoms with Gasteiger partial charge in [-0.3, -0.25) is 9.59 Å². The number of amides is 2. The lowest BCUT2D eigenvalue weighted by Crippen LogP contribution is -2.45. The predicted octanol–water partition coefficient (Wildman–Crippen LogP) is 4.48. The van der Waals surface area contributed by atoms with Crippen molar-refractivity contribution in [3.8, 4) is 16.9 Å². The second-order valence-electron chi connectivity index (χ2n) is 7.39. The van der Waals surface area contributed by atoms with Crippen LogP contribution in [0.25, 0.3) is 16.9 Å². The lowest BCUT2D eigenvalue weighted by atomic mass is 10.1. The van der Waals surface area contributed by atoms with Gasteiger partial charge in [0.05, 0.1) is 11.4 Å². The molecular weight excluding hydrogens is 419 g/mol. The van der Waals surface area contributed by atoms with Gasteiger partial charge in [-0.2, -0.15) is 5.10 Å². The SMILES string of the molecule is CC(Cl)C(=O)N(CC(=O)Nc1cc(-c2ccccc2)nn1-c1ccc(F)cc1)C(C)C. The van der Waals surface area contributed by atoms with Gasteiger partial charge in [0.1, 0.15) is 23.6 Å². The number of nitrogens with zero attached hydrogens (tertiary/aromatic N) is 3. The van der Waals surface area contributed by atoms with E-state index in [0.717, 1.165) is 5.56 Å². The molecule has 0 aliphatic carbocycles. The quantitative estimate of drug-likeness (QED) is 0.548. The minimum atomic E-state index is -0.732. The third-order valence-corrected chi connectivity index (χ3v) is 4.86. The number of benzene rings is 2. The lowest BCUT2D eigenvalue weighted by Gasteiger charge is -2.27. The van der Waals surface area contributed by atoms with E-state index in [1.807, 2.05) is 44.2 Å². The minimum Gasteiger partial charge on any atom is -0.330 e. The highest BCUT2D eigenvalue weighted by atomic mass is 35.5. The van der Waals surface area contributed by atoms with Gasteiger partial charge in [0.25, 0.3) is 0 Å². The van der Waals surface area contributed by atoms with Gasteiger partial charge in [-0.05, 0) is 45.0 Å². The van der Waals surface area contributed by atoms with Gasteiger partial charge in [-0.1, -0.05) is 30.3 Å². The Morgan fingerprint density at radius 2 is 1.74 bits per heavy atom. The van der Waals surface area contributed by atoms with Crippen LogP contribution in [0.4, 0.5) is 10.2 Å². The fourth-order valence-corrected chi connectivity index (χ4v) is 3.21. The molecule has 3 rings (SSSR count). The van der Waals surface area contributed by atoms with Gasteiger partial charge in [-0.15, -0.1) is 11.6 Å². The molecule has 3 aromatic rings. The first-order valence-corrected chi connectivity index (χ1v) is 10.4. The number of rotatable bonds is 7. The van der Waals surface area contributed by atoms with E-state index in [-0.39, 0.29) is 30.2 Å². The maximum atomic E-state index is 13.4. The van der Waals surface area contributed by atoms with E-state index in [1.165, 1.54) is 21.7 Å². The molecule has 1 aromatic heterocycles. The lowest BCUT2D eigenvalue weighted by molar-refractivity contribution is -0.135. The Hall–Kier alpha value is -3.19. The number of anilines is 1. The maximum absolute atomic E-state index is 13.4. The molecule has 1 atom stereocenters. The Labute approximate surface area is 185 Å². The normalized spacial score (nSPS) is 11.9. The number of hydrogen-bond acceptors (Lipinski definition) is 3. The van der Waals surface area contributed by atoms with Gasteiger partial charge in [0.2, 0.25) is 11.8 Å². The van der Waals surface area contributed by atoms with Crippen molar-refractivity contribution < 1.29 is 14.0 Å². The van der Waals surface area contributed by atoms with Crippen molar-refractivity contribution in [3.63, 3.8) is 0 Å². The number of carbonyl (C=O) groups is 2. The molecule has 0 aliphatic rings. The summed E-state index contributed by atoms with van der Waals surface area (Å²) in [5.41, 5.74) is 2.10. The summed E-state index contributed by atoms with van der Waals surface area (Å²) in [7, 11) is 0. The summed E-state index contributed by atoms with van der Waals surface area (Å²) in [5, 5.41) is 6.68. The van der Waals surface area contributed by atoms with Crippen LogP contribution in [0.5, 0.6) is 0 Å². The third kappa shape index (κ3) is 5.49. The van der Waals surface area contributed by atoms with E-state index in [0.29, 0.717) is 17.2 Å². The summed E-state index contributed by atoms with van der Waals surface area (Å²) in [6, 6.07) is 16.8.